The molecule has 0 aromatic rings. The van der Waals surface area contributed by atoms with Crippen molar-refractivity contribution < 1.29 is 19.0 Å². The van der Waals surface area contributed by atoms with Crippen LogP contribution in [0.1, 0.15) is 40.5 Å². The van der Waals surface area contributed by atoms with E-state index in [2.05, 4.69) is 0 Å². The number of esters is 1. The summed E-state index contributed by atoms with van der Waals surface area (Å²) < 4.78 is 15.9. The lowest BCUT2D eigenvalue weighted by Gasteiger charge is -2.29. The highest BCUT2D eigenvalue weighted by Gasteiger charge is 2.24. The van der Waals surface area contributed by atoms with Gasteiger partial charge in [0.1, 0.15) is 0 Å². The summed E-state index contributed by atoms with van der Waals surface area (Å²) in [6.07, 6.45) is 1.47. The summed E-state index contributed by atoms with van der Waals surface area (Å²) in [5.74, 6) is -0.798. The molecule has 0 amide bonds. The van der Waals surface area contributed by atoms with Crippen LogP contribution < -0.4 is 0 Å². The normalized spacial score (nSPS) is 11.5. The molecule has 0 radical (unpaired) electrons. The zero-order valence-corrected chi connectivity index (χ0v) is 10.2. The Kier molecular flexibility index (Phi) is 7.34. The summed E-state index contributed by atoms with van der Waals surface area (Å²) in [6.45, 7) is 8.84. The molecule has 0 atom stereocenters. The first-order chi connectivity index (χ1) is 7.04. The van der Waals surface area contributed by atoms with Gasteiger partial charge in [0.15, 0.2) is 5.79 Å². The molecule has 0 rings (SSSR count). The second-order valence-corrected chi connectivity index (χ2v) is 3.44. The van der Waals surface area contributed by atoms with Gasteiger partial charge in [-0.05, 0) is 27.2 Å². The molecule has 4 heteroatoms. The van der Waals surface area contributed by atoms with E-state index in [0.717, 1.165) is 12.8 Å². The molecule has 0 saturated heterocycles. The van der Waals surface area contributed by atoms with Crippen molar-refractivity contribution >= 4 is 5.97 Å². The van der Waals surface area contributed by atoms with Gasteiger partial charge in [-0.15, -0.1) is 0 Å². The summed E-state index contributed by atoms with van der Waals surface area (Å²) >= 11 is 0. The van der Waals surface area contributed by atoms with E-state index >= 15 is 0 Å². The van der Waals surface area contributed by atoms with Crippen LogP contribution in [0.5, 0.6) is 0 Å². The van der Waals surface area contributed by atoms with E-state index in [1.54, 1.807) is 0 Å². The van der Waals surface area contributed by atoms with Crippen molar-refractivity contribution in [1.82, 2.24) is 0 Å². The molecule has 0 fully saturated rings. The molecular weight excluding hydrogens is 196 g/mol. The van der Waals surface area contributed by atoms with Crippen molar-refractivity contribution in [3.63, 3.8) is 0 Å². The SMILES string of the molecule is CCOC(C)(CCCOC(C)=O)OCC. The van der Waals surface area contributed by atoms with Gasteiger partial charge in [0.25, 0.3) is 0 Å². The highest BCUT2D eigenvalue weighted by atomic mass is 16.7. The number of carbonyl (C=O) groups is 1. The Morgan fingerprint density at radius 2 is 1.73 bits per heavy atom. The van der Waals surface area contributed by atoms with E-state index in [-0.39, 0.29) is 5.97 Å². The third-order valence-corrected chi connectivity index (χ3v) is 1.98. The van der Waals surface area contributed by atoms with Crippen molar-refractivity contribution in [2.75, 3.05) is 19.8 Å². The average Bonchev–Trinajstić information content (AvgIpc) is 2.13. The maximum Gasteiger partial charge on any atom is 0.302 e. The lowest BCUT2D eigenvalue weighted by atomic mass is 10.1. The fourth-order valence-corrected chi connectivity index (χ4v) is 1.41. The predicted molar refractivity (Wildman–Crippen MR) is 57.5 cm³/mol. The minimum absolute atomic E-state index is 0.246. The van der Waals surface area contributed by atoms with Crippen molar-refractivity contribution in [2.45, 2.75) is 46.3 Å². The molecule has 90 valence electrons. The summed E-state index contributed by atoms with van der Waals surface area (Å²) in [7, 11) is 0. The van der Waals surface area contributed by atoms with E-state index < -0.39 is 5.79 Å². The number of hydrogen-bond donors (Lipinski definition) is 0. The average molecular weight is 218 g/mol. The van der Waals surface area contributed by atoms with Crippen LogP contribution in [0, 0.1) is 0 Å². The molecule has 0 unspecified atom stereocenters. The number of hydrogen-bond acceptors (Lipinski definition) is 4. The van der Waals surface area contributed by atoms with Crippen LogP contribution in [-0.2, 0) is 19.0 Å². The third-order valence-electron chi connectivity index (χ3n) is 1.98. The molecule has 0 N–H and O–H groups in total. The summed E-state index contributed by atoms with van der Waals surface area (Å²) in [4.78, 5) is 10.5. The van der Waals surface area contributed by atoms with Gasteiger partial charge in [-0.3, -0.25) is 4.79 Å². The van der Waals surface area contributed by atoms with Crippen LogP contribution in [0.25, 0.3) is 0 Å². The first-order valence-electron chi connectivity index (χ1n) is 5.45. The monoisotopic (exact) mass is 218 g/mol. The Bertz CT molecular complexity index is 173. The van der Waals surface area contributed by atoms with E-state index in [9.17, 15) is 4.79 Å². The minimum Gasteiger partial charge on any atom is -0.466 e. The van der Waals surface area contributed by atoms with Crippen molar-refractivity contribution in [3.05, 3.63) is 0 Å². The van der Waals surface area contributed by atoms with Gasteiger partial charge < -0.3 is 14.2 Å². The van der Waals surface area contributed by atoms with E-state index in [4.69, 9.17) is 14.2 Å². The fraction of sp³-hybridized carbons (Fsp3) is 0.909. The highest BCUT2D eigenvalue weighted by Crippen LogP contribution is 2.19. The molecule has 0 bridgehead atoms. The van der Waals surface area contributed by atoms with E-state index in [1.807, 2.05) is 20.8 Å². The van der Waals surface area contributed by atoms with Crippen LogP contribution in [0.15, 0.2) is 0 Å². The van der Waals surface area contributed by atoms with Crippen LogP contribution in [0.4, 0.5) is 0 Å². The number of ether oxygens (including phenoxy) is 3. The van der Waals surface area contributed by atoms with Crippen molar-refractivity contribution in [3.8, 4) is 0 Å². The Morgan fingerprint density at radius 3 is 2.13 bits per heavy atom. The molecule has 0 spiro atoms. The van der Waals surface area contributed by atoms with Gasteiger partial charge >= 0.3 is 5.97 Å². The maximum atomic E-state index is 10.5. The van der Waals surface area contributed by atoms with Crippen LogP contribution >= 0.6 is 0 Å². The number of carbonyl (C=O) groups excluding carboxylic acids is 1. The molecule has 0 aliphatic carbocycles. The van der Waals surface area contributed by atoms with Crippen molar-refractivity contribution in [1.29, 1.82) is 0 Å². The Hall–Kier alpha value is -0.610. The fourth-order valence-electron chi connectivity index (χ4n) is 1.41. The molecular formula is C11H22O4. The topological polar surface area (TPSA) is 44.8 Å². The van der Waals surface area contributed by atoms with Crippen LogP contribution in [0.2, 0.25) is 0 Å². The highest BCUT2D eigenvalue weighted by molar-refractivity contribution is 5.65. The maximum absolute atomic E-state index is 10.5. The number of rotatable bonds is 8. The Labute approximate surface area is 91.9 Å². The zero-order valence-electron chi connectivity index (χ0n) is 10.2. The van der Waals surface area contributed by atoms with Gasteiger partial charge in [-0.1, -0.05) is 0 Å². The van der Waals surface area contributed by atoms with Gasteiger partial charge in [0, 0.05) is 26.6 Å². The standard InChI is InChI=1S/C11H22O4/c1-5-14-11(4,15-6-2)8-7-9-13-10(3)12/h5-9H2,1-4H3. The molecule has 0 aliphatic rings. The summed E-state index contributed by atoms with van der Waals surface area (Å²) in [5, 5.41) is 0. The molecule has 0 aromatic heterocycles. The van der Waals surface area contributed by atoms with Gasteiger partial charge in [-0.25, -0.2) is 0 Å². The van der Waals surface area contributed by atoms with E-state index in [0.29, 0.717) is 19.8 Å². The van der Waals surface area contributed by atoms with Gasteiger partial charge in [0.2, 0.25) is 0 Å². The summed E-state index contributed by atoms with van der Waals surface area (Å²) in [6, 6.07) is 0. The van der Waals surface area contributed by atoms with Gasteiger partial charge in [0.05, 0.1) is 6.61 Å². The molecule has 0 aliphatic heterocycles. The van der Waals surface area contributed by atoms with E-state index in [1.165, 1.54) is 6.92 Å². The lowest BCUT2D eigenvalue weighted by Crippen LogP contribution is -2.32. The molecule has 15 heavy (non-hydrogen) atoms. The molecule has 0 saturated carbocycles. The lowest BCUT2D eigenvalue weighted by molar-refractivity contribution is -0.226. The van der Waals surface area contributed by atoms with Gasteiger partial charge in [-0.2, -0.15) is 0 Å². The summed E-state index contributed by atoms with van der Waals surface area (Å²) in [5.41, 5.74) is 0. The largest absolute Gasteiger partial charge is 0.466 e. The first kappa shape index (κ1) is 14.4. The molecule has 0 aromatic carbocycles. The van der Waals surface area contributed by atoms with Crippen LogP contribution in [-0.4, -0.2) is 31.6 Å². The smallest absolute Gasteiger partial charge is 0.302 e. The third kappa shape index (κ3) is 7.33. The molecule has 4 nitrogen and oxygen atoms in total. The molecule has 0 heterocycles. The van der Waals surface area contributed by atoms with Crippen molar-refractivity contribution in [2.24, 2.45) is 0 Å². The zero-order chi connectivity index (χ0) is 11.7. The minimum atomic E-state index is -0.552. The first-order valence-corrected chi connectivity index (χ1v) is 5.45. The Morgan fingerprint density at radius 1 is 1.20 bits per heavy atom. The second-order valence-electron chi connectivity index (χ2n) is 3.44. The Balaban J connectivity index is 3.79. The second kappa shape index (κ2) is 7.65. The quantitative estimate of drug-likeness (QED) is 0.355. The van der Waals surface area contributed by atoms with Crippen LogP contribution in [0.3, 0.4) is 0 Å². The predicted octanol–water partition coefficient (Wildman–Crippen LogP) is 2.12.